The van der Waals surface area contributed by atoms with Crippen molar-refractivity contribution < 1.29 is 9.16 Å². The van der Waals surface area contributed by atoms with Crippen LogP contribution in [0.1, 0.15) is 64.2 Å². The number of unbranched alkanes of at least 4 members (excludes halogenated alkanes) is 9. The Hall–Kier alpha value is -1.89. The number of nitrogens with one attached hydrogen (secondary N) is 1. The van der Waals surface area contributed by atoms with E-state index in [2.05, 4.69) is 17.0 Å². The summed E-state index contributed by atoms with van der Waals surface area (Å²) < 4.78 is 5.93. The van der Waals surface area contributed by atoms with E-state index in [1.807, 2.05) is 5.38 Å². The number of nitrogens with zero attached hydrogens (tertiary/aromatic N) is 2. The third kappa shape index (κ3) is 7.56. The van der Waals surface area contributed by atoms with Gasteiger partial charge in [-0.25, -0.2) is 9.53 Å². The fourth-order valence-corrected chi connectivity index (χ4v) is 3.65. The van der Waals surface area contributed by atoms with E-state index in [-0.39, 0.29) is 5.63 Å². The van der Waals surface area contributed by atoms with Crippen molar-refractivity contribution in [1.82, 2.24) is 4.98 Å². The molecule has 0 radical (unpaired) electrons. The molecule has 0 atom stereocenters. The van der Waals surface area contributed by atoms with E-state index >= 15 is 0 Å². The van der Waals surface area contributed by atoms with Crippen LogP contribution in [0.15, 0.2) is 20.7 Å². The Morgan fingerprint density at radius 1 is 1.08 bits per heavy atom. The third-order valence-electron chi connectivity index (χ3n) is 4.37. The smallest absolute Gasteiger partial charge is 0.349 e. The van der Waals surface area contributed by atoms with E-state index in [0.29, 0.717) is 17.9 Å². The second-order valence-corrected chi connectivity index (χ2v) is 7.51. The monoisotopic (exact) mass is 379 g/mol. The number of rotatable bonds is 14. The van der Waals surface area contributed by atoms with Gasteiger partial charge in [-0.1, -0.05) is 44.9 Å². The lowest BCUT2D eigenvalue weighted by atomic mass is 10.1. The van der Waals surface area contributed by atoms with Crippen LogP contribution in [0.25, 0.3) is 10.2 Å². The Morgan fingerprint density at radius 3 is 2.35 bits per heavy atom. The minimum atomic E-state index is -0.324. The quantitative estimate of drug-likeness (QED) is 0.168. The van der Waals surface area contributed by atoms with Gasteiger partial charge in [0.25, 0.3) is 6.01 Å². The highest BCUT2D eigenvalue weighted by molar-refractivity contribution is 7.16. The lowest BCUT2D eigenvalue weighted by Gasteiger charge is -2.05. The van der Waals surface area contributed by atoms with Gasteiger partial charge in [-0.3, -0.25) is 0 Å². The van der Waals surface area contributed by atoms with E-state index < -0.39 is 0 Å². The lowest BCUT2D eigenvalue weighted by Crippen LogP contribution is -2.08. The van der Waals surface area contributed by atoms with Crippen molar-refractivity contribution >= 4 is 34.3 Å². The zero-order valence-corrected chi connectivity index (χ0v) is 16.2. The van der Waals surface area contributed by atoms with Crippen molar-refractivity contribution in [3.8, 4) is 0 Å². The first-order chi connectivity index (χ1) is 12.7. The zero-order valence-electron chi connectivity index (χ0n) is 15.4. The van der Waals surface area contributed by atoms with Crippen LogP contribution in [0, 0.1) is 5.21 Å². The molecule has 0 unspecified atom stereocenters. The molecule has 0 aliphatic heterocycles. The molecule has 2 aromatic heterocycles. The Bertz CT molecular complexity index is 726. The maximum absolute atomic E-state index is 11.8. The van der Waals surface area contributed by atoms with Gasteiger partial charge in [-0.05, 0) is 24.3 Å². The summed E-state index contributed by atoms with van der Waals surface area (Å²) in [7, 11) is 0. The van der Waals surface area contributed by atoms with Crippen LogP contribution in [-0.4, -0.2) is 29.5 Å². The van der Waals surface area contributed by atoms with Gasteiger partial charge >= 0.3 is 5.63 Å². The standard InChI is InChI=1S/C19H29N3O3S/c1-22(24)14-11-9-7-5-3-2-4-6-8-10-13-20-19-21-17-16(12-15-26-17)18(23)25-19/h12,15H,1-11,13-14H2,(H,20,21). The van der Waals surface area contributed by atoms with Gasteiger partial charge in [0, 0.05) is 13.0 Å². The van der Waals surface area contributed by atoms with Crippen LogP contribution in [-0.2, 0) is 0 Å². The summed E-state index contributed by atoms with van der Waals surface area (Å²) >= 11 is 1.45. The number of hydroxylamine groups is 1. The molecule has 26 heavy (non-hydrogen) atoms. The average molecular weight is 380 g/mol. The van der Waals surface area contributed by atoms with Gasteiger partial charge in [0.1, 0.15) is 11.5 Å². The molecule has 6 nitrogen and oxygen atoms in total. The van der Waals surface area contributed by atoms with Crippen molar-refractivity contribution in [3.63, 3.8) is 0 Å². The van der Waals surface area contributed by atoms with E-state index in [1.54, 1.807) is 6.07 Å². The fraction of sp³-hybridized carbons (Fsp3) is 0.632. The van der Waals surface area contributed by atoms with Gasteiger partial charge < -0.3 is 14.9 Å². The molecule has 7 heteroatoms. The number of anilines is 1. The molecule has 2 heterocycles. The Kier molecular flexibility index (Phi) is 9.17. The summed E-state index contributed by atoms with van der Waals surface area (Å²) in [5.74, 6) is 0. The van der Waals surface area contributed by atoms with Gasteiger partial charge in [0.15, 0.2) is 6.54 Å². The minimum Gasteiger partial charge on any atom is -0.624 e. The topological polar surface area (TPSA) is 81.2 Å². The van der Waals surface area contributed by atoms with Gasteiger partial charge in [0.05, 0.1) is 5.39 Å². The second-order valence-electron chi connectivity index (χ2n) is 6.61. The third-order valence-corrected chi connectivity index (χ3v) is 5.17. The summed E-state index contributed by atoms with van der Waals surface area (Å²) in [6.45, 7) is 4.63. The maximum atomic E-state index is 11.8. The summed E-state index contributed by atoms with van der Waals surface area (Å²) in [6, 6.07) is 2.06. The van der Waals surface area contributed by atoms with Gasteiger partial charge in [-0.2, -0.15) is 4.98 Å². The molecule has 2 aromatic rings. The molecule has 2 rings (SSSR count). The predicted molar refractivity (Wildman–Crippen MR) is 108 cm³/mol. The van der Waals surface area contributed by atoms with Crippen molar-refractivity contribution in [3.05, 3.63) is 27.1 Å². The van der Waals surface area contributed by atoms with Gasteiger partial charge in [0.2, 0.25) is 0 Å². The highest BCUT2D eigenvalue weighted by Crippen LogP contribution is 2.17. The van der Waals surface area contributed by atoms with Crippen LogP contribution in [0.2, 0.25) is 0 Å². The van der Waals surface area contributed by atoms with Crippen molar-refractivity contribution in [2.75, 3.05) is 18.4 Å². The molecule has 0 aromatic carbocycles. The molecule has 0 aliphatic rings. The first-order valence-electron chi connectivity index (χ1n) is 9.54. The SMILES string of the molecule is C=[N+]([O-])CCCCCCCCCCCCNc1nc2sccc2c(=O)o1. The highest BCUT2D eigenvalue weighted by atomic mass is 32.1. The molecule has 0 fully saturated rings. The summed E-state index contributed by atoms with van der Waals surface area (Å²) in [6.07, 6.45) is 11.8. The summed E-state index contributed by atoms with van der Waals surface area (Å²) in [4.78, 5) is 16.8. The number of thiophene rings is 1. The molecule has 0 saturated heterocycles. The first-order valence-corrected chi connectivity index (χ1v) is 10.4. The maximum Gasteiger partial charge on any atom is 0.349 e. The fourth-order valence-electron chi connectivity index (χ4n) is 2.90. The number of aromatic nitrogens is 1. The lowest BCUT2D eigenvalue weighted by molar-refractivity contribution is -0.449. The van der Waals surface area contributed by atoms with E-state index in [0.717, 1.165) is 35.4 Å². The van der Waals surface area contributed by atoms with Crippen LogP contribution in [0.4, 0.5) is 6.01 Å². The molecule has 0 amide bonds. The summed E-state index contributed by atoms with van der Waals surface area (Å²) in [5.41, 5.74) is -0.324. The van der Waals surface area contributed by atoms with Crippen molar-refractivity contribution in [2.24, 2.45) is 0 Å². The van der Waals surface area contributed by atoms with Crippen LogP contribution < -0.4 is 10.9 Å². The van der Waals surface area contributed by atoms with Gasteiger partial charge in [-0.15, -0.1) is 11.3 Å². The first kappa shape index (κ1) is 20.4. The van der Waals surface area contributed by atoms with Crippen LogP contribution >= 0.6 is 11.3 Å². The molecular formula is C19H29N3O3S. The van der Waals surface area contributed by atoms with Crippen LogP contribution in [0.3, 0.4) is 0 Å². The normalized spacial score (nSPS) is 11.1. The summed E-state index contributed by atoms with van der Waals surface area (Å²) in [5, 5.41) is 16.1. The number of hydrogen-bond donors (Lipinski definition) is 1. The molecule has 144 valence electrons. The molecule has 0 aliphatic carbocycles. The largest absolute Gasteiger partial charge is 0.624 e. The minimum absolute atomic E-state index is 0.323. The second kappa shape index (κ2) is 11.7. The molecule has 0 saturated carbocycles. The molecule has 0 spiro atoms. The Morgan fingerprint density at radius 2 is 1.69 bits per heavy atom. The van der Waals surface area contributed by atoms with E-state index in [4.69, 9.17) is 4.42 Å². The van der Waals surface area contributed by atoms with Crippen molar-refractivity contribution in [1.29, 1.82) is 0 Å². The van der Waals surface area contributed by atoms with E-state index in [9.17, 15) is 10.0 Å². The molecular weight excluding hydrogens is 350 g/mol. The predicted octanol–water partition coefficient (Wildman–Crippen LogP) is 4.77. The molecule has 1 N–H and O–H groups in total. The highest BCUT2D eigenvalue weighted by Gasteiger charge is 2.06. The Balaban J connectivity index is 1.43. The zero-order chi connectivity index (χ0) is 18.6. The molecule has 0 bridgehead atoms. The average Bonchev–Trinajstić information content (AvgIpc) is 3.08. The van der Waals surface area contributed by atoms with Crippen molar-refractivity contribution in [2.45, 2.75) is 64.2 Å². The number of fused-ring (bicyclic) bond motifs is 1. The van der Waals surface area contributed by atoms with Crippen LogP contribution in [0.5, 0.6) is 0 Å². The Labute approximate surface area is 158 Å². The number of hydrogen-bond acceptors (Lipinski definition) is 6. The van der Waals surface area contributed by atoms with E-state index in [1.165, 1.54) is 56.3 Å².